The van der Waals surface area contributed by atoms with Crippen molar-refractivity contribution in [2.24, 2.45) is 11.1 Å². The highest BCUT2D eigenvalue weighted by Crippen LogP contribution is 2.30. The molecule has 2 N–H and O–H groups in total. The quantitative estimate of drug-likeness (QED) is 0.921. The van der Waals surface area contributed by atoms with Gasteiger partial charge in [-0.05, 0) is 36.3 Å². The number of carbonyl (C=O) groups excluding carboxylic acids is 1. The molecule has 1 aromatic rings. The molecule has 1 aromatic carbocycles. The average Bonchev–Trinajstić information content (AvgIpc) is 2.52. The summed E-state index contributed by atoms with van der Waals surface area (Å²) in [6.45, 7) is 8.00. The third kappa shape index (κ3) is 3.60. The van der Waals surface area contributed by atoms with Crippen molar-refractivity contribution >= 4 is 5.91 Å². The van der Waals surface area contributed by atoms with Crippen molar-refractivity contribution in [3.8, 4) is 0 Å². The molecule has 20 heavy (non-hydrogen) atoms. The van der Waals surface area contributed by atoms with Gasteiger partial charge in [0.25, 0.3) is 0 Å². The van der Waals surface area contributed by atoms with E-state index in [4.69, 9.17) is 5.73 Å². The molecule has 1 aliphatic heterocycles. The molecule has 1 fully saturated rings. The summed E-state index contributed by atoms with van der Waals surface area (Å²) in [7, 11) is 0. The first-order valence-corrected chi connectivity index (χ1v) is 7.48. The van der Waals surface area contributed by atoms with E-state index in [0.717, 1.165) is 24.9 Å². The largest absolute Gasteiger partial charge is 0.341 e. The van der Waals surface area contributed by atoms with Crippen molar-refractivity contribution in [1.29, 1.82) is 0 Å². The van der Waals surface area contributed by atoms with E-state index in [9.17, 15) is 4.79 Å². The van der Waals surface area contributed by atoms with Crippen molar-refractivity contribution in [2.45, 2.75) is 46.1 Å². The fourth-order valence-corrected chi connectivity index (χ4v) is 2.82. The first-order chi connectivity index (χ1) is 9.39. The zero-order valence-electron chi connectivity index (χ0n) is 12.9. The normalized spacial score (nSPS) is 20.6. The molecule has 0 aliphatic carbocycles. The van der Waals surface area contributed by atoms with E-state index in [1.165, 1.54) is 5.56 Å². The second-order valence-corrected chi connectivity index (χ2v) is 6.72. The van der Waals surface area contributed by atoms with E-state index >= 15 is 0 Å². The van der Waals surface area contributed by atoms with Gasteiger partial charge in [0.1, 0.15) is 0 Å². The Bertz CT molecular complexity index is 482. The lowest BCUT2D eigenvalue weighted by Crippen LogP contribution is -2.37. The number of nitrogens with two attached hydrogens (primary N) is 1. The highest BCUT2D eigenvalue weighted by Gasteiger charge is 2.28. The van der Waals surface area contributed by atoms with Crippen LogP contribution in [0.5, 0.6) is 0 Å². The smallest absolute Gasteiger partial charge is 0.222 e. The fourth-order valence-electron chi connectivity index (χ4n) is 2.82. The van der Waals surface area contributed by atoms with Gasteiger partial charge in [-0.25, -0.2) is 0 Å². The Morgan fingerprint density at radius 3 is 2.70 bits per heavy atom. The number of rotatable bonds is 3. The molecule has 110 valence electrons. The number of amides is 1. The van der Waals surface area contributed by atoms with Gasteiger partial charge in [-0.15, -0.1) is 0 Å². The highest BCUT2D eigenvalue weighted by molar-refractivity contribution is 5.76. The predicted molar refractivity (Wildman–Crippen MR) is 82.3 cm³/mol. The van der Waals surface area contributed by atoms with Gasteiger partial charge in [-0.2, -0.15) is 0 Å². The van der Waals surface area contributed by atoms with Crippen molar-refractivity contribution < 1.29 is 4.79 Å². The number of nitrogens with zero attached hydrogens (tertiary/aromatic N) is 1. The molecule has 0 saturated carbocycles. The molecule has 1 saturated heterocycles. The van der Waals surface area contributed by atoms with Gasteiger partial charge in [0.2, 0.25) is 5.91 Å². The van der Waals surface area contributed by atoms with Gasteiger partial charge in [0.15, 0.2) is 0 Å². The molecule has 0 radical (unpaired) electrons. The summed E-state index contributed by atoms with van der Waals surface area (Å²) >= 11 is 0. The summed E-state index contributed by atoms with van der Waals surface area (Å²) in [6.07, 6.45) is 2.68. The van der Waals surface area contributed by atoms with Crippen LogP contribution in [-0.4, -0.2) is 23.9 Å². The molecule has 0 spiro atoms. The maximum absolute atomic E-state index is 12.2. The van der Waals surface area contributed by atoms with Crippen molar-refractivity contribution in [3.63, 3.8) is 0 Å². The second-order valence-electron chi connectivity index (χ2n) is 6.72. The van der Waals surface area contributed by atoms with E-state index < -0.39 is 0 Å². The van der Waals surface area contributed by atoms with Crippen molar-refractivity contribution in [3.05, 3.63) is 35.4 Å². The van der Waals surface area contributed by atoms with Crippen LogP contribution in [0.2, 0.25) is 0 Å². The van der Waals surface area contributed by atoms with Gasteiger partial charge in [-0.3, -0.25) is 4.79 Å². The molecule has 2 rings (SSSR count). The van der Waals surface area contributed by atoms with Gasteiger partial charge in [-0.1, -0.05) is 38.1 Å². The third-order valence-corrected chi connectivity index (χ3v) is 4.43. The van der Waals surface area contributed by atoms with Crippen LogP contribution in [0.1, 0.15) is 50.3 Å². The van der Waals surface area contributed by atoms with Crippen LogP contribution in [0.25, 0.3) is 0 Å². The standard InChI is InChI=1S/C17H26N2O/c1-13-6-4-5-7-14(13)15(18)12-19-11-10-17(2,3)9-8-16(19)20/h4-7,15H,8-12,18H2,1-3H3. The molecule has 3 nitrogen and oxygen atoms in total. The van der Waals surface area contributed by atoms with Gasteiger partial charge < -0.3 is 10.6 Å². The van der Waals surface area contributed by atoms with E-state index in [-0.39, 0.29) is 17.4 Å². The molecule has 1 aliphatic rings. The SMILES string of the molecule is Cc1ccccc1C(N)CN1CCC(C)(C)CCC1=O. The molecular weight excluding hydrogens is 248 g/mol. The molecule has 0 aromatic heterocycles. The van der Waals surface area contributed by atoms with Crippen LogP contribution in [-0.2, 0) is 4.79 Å². The van der Waals surface area contributed by atoms with E-state index in [1.807, 2.05) is 17.0 Å². The maximum atomic E-state index is 12.2. The molecule has 1 heterocycles. The van der Waals surface area contributed by atoms with Gasteiger partial charge in [0.05, 0.1) is 0 Å². The Kier molecular flexibility index (Phi) is 4.48. The summed E-state index contributed by atoms with van der Waals surface area (Å²) in [6, 6.07) is 8.07. The zero-order valence-corrected chi connectivity index (χ0v) is 12.9. The average molecular weight is 274 g/mol. The monoisotopic (exact) mass is 274 g/mol. The van der Waals surface area contributed by atoms with E-state index in [2.05, 4.69) is 32.9 Å². The van der Waals surface area contributed by atoms with Crippen LogP contribution in [0.4, 0.5) is 0 Å². The van der Waals surface area contributed by atoms with Crippen molar-refractivity contribution in [2.75, 3.05) is 13.1 Å². The fraction of sp³-hybridized carbons (Fsp3) is 0.588. The van der Waals surface area contributed by atoms with Crippen LogP contribution in [0.3, 0.4) is 0 Å². The molecule has 1 unspecified atom stereocenters. The minimum Gasteiger partial charge on any atom is -0.341 e. The Morgan fingerprint density at radius 1 is 1.30 bits per heavy atom. The van der Waals surface area contributed by atoms with Crippen LogP contribution in [0, 0.1) is 12.3 Å². The minimum atomic E-state index is -0.0960. The summed E-state index contributed by atoms with van der Waals surface area (Å²) in [5, 5.41) is 0. The van der Waals surface area contributed by atoms with Crippen LogP contribution in [0.15, 0.2) is 24.3 Å². The summed E-state index contributed by atoms with van der Waals surface area (Å²) < 4.78 is 0. The lowest BCUT2D eigenvalue weighted by atomic mass is 9.85. The molecule has 0 bridgehead atoms. The first kappa shape index (κ1) is 15.0. The lowest BCUT2D eigenvalue weighted by Gasteiger charge is -2.26. The van der Waals surface area contributed by atoms with Gasteiger partial charge in [0, 0.05) is 25.6 Å². The van der Waals surface area contributed by atoms with E-state index in [1.54, 1.807) is 0 Å². The highest BCUT2D eigenvalue weighted by atomic mass is 16.2. The number of carbonyl (C=O) groups is 1. The minimum absolute atomic E-state index is 0.0960. The predicted octanol–water partition coefficient (Wildman–Crippen LogP) is 3.03. The maximum Gasteiger partial charge on any atom is 0.222 e. The molecule has 1 amide bonds. The Morgan fingerprint density at radius 2 is 2.00 bits per heavy atom. The van der Waals surface area contributed by atoms with Crippen LogP contribution >= 0.6 is 0 Å². The summed E-state index contributed by atoms with van der Waals surface area (Å²) in [5.41, 5.74) is 8.91. The van der Waals surface area contributed by atoms with Gasteiger partial charge >= 0.3 is 0 Å². The number of hydrogen-bond acceptors (Lipinski definition) is 2. The number of aryl methyl sites for hydroxylation is 1. The Labute approximate surface area is 122 Å². The molecule has 1 atom stereocenters. The lowest BCUT2D eigenvalue weighted by molar-refractivity contribution is -0.131. The topological polar surface area (TPSA) is 46.3 Å². The summed E-state index contributed by atoms with van der Waals surface area (Å²) in [5.74, 6) is 0.250. The van der Waals surface area contributed by atoms with E-state index in [0.29, 0.717) is 13.0 Å². The number of likely N-dealkylation sites (tertiary alicyclic amines) is 1. The zero-order chi connectivity index (χ0) is 14.8. The van der Waals surface area contributed by atoms with Crippen LogP contribution < -0.4 is 5.73 Å². The third-order valence-electron chi connectivity index (χ3n) is 4.43. The summed E-state index contributed by atoms with van der Waals surface area (Å²) in [4.78, 5) is 14.2. The first-order valence-electron chi connectivity index (χ1n) is 7.48. The van der Waals surface area contributed by atoms with Crippen molar-refractivity contribution in [1.82, 2.24) is 4.90 Å². The Balaban J connectivity index is 2.05. The second kappa shape index (κ2) is 5.96. The molecule has 3 heteroatoms. The Hall–Kier alpha value is -1.35. The number of benzene rings is 1. The molecular formula is C17H26N2O. The number of hydrogen-bond donors (Lipinski definition) is 1.